The van der Waals surface area contributed by atoms with Crippen LogP contribution >= 0.6 is 11.3 Å². The molecular weight excluding hydrogens is 602 g/mol. The summed E-state index contributed by atoms with van der Waals surface area (Å²) in [6, 6.07) is 8.53. The van der Waals surface area contributed by atoms with Crippen LogP contribution in [0, 0.1) is 17.8 Å². The predicted octanol–water partition coefficient (Wildman–Crippen LogP) is 4.45. The van der Waals surface area contributed by atoms with E-state index in [0.717, 1.165) is 29.8 Å². The summed E-state index contributed by atoms with van der Waals surface area (Å²) < 4.78 is 11.9. The van der Waals surface area contributed by atoms with Gasteiger partial charge in [-0.15, -0.1) is 11.3 Å². The summed E-state index contributed by atoms with van der Waals surface area (Å²) >= 11 is 1.51. The summed E-state index contributed by atoms with van der Waals surface area (Å²) in [4.78, 5) is 49.0. The van der Waals surface area contributed by atoms with Gasteiger partial charge in [-0.1, -0.05) is 71.4 Å². The molecule has 1 fully saturated rings. The minimum Gasteiger partial charge on any atom is -0.379 e. The number of aromatic nitrogens is 1. The molecular formula is C35H55N5O5S. The SMILES string of the molecule is CC[C@H](C)[C@@H]([C@@H](CC(=O)N1CCC[C@H]1C(OC)[C@@H](C)C(=O)N[C@@H](Cc1ccccc1)c1nccs1)OC)N(C)C(=O)[C@@H](N)C(C)C. The number of hydrogen-bond acceptors (Lipinski definition) is 8. The summed E-state index contributed by atoms with van der Waals surface area (Å²) in [6.07, 6.45) is 3.81. The average Bonchev–Trinajstić information content (AvgIpc) is 3.77. The Hall–Kier alpha value is -2.86. The molecule has 1 aromatic heterocycles. The number of nitrogens with zero attached hydrogens (tertiary/aromatic N) is 3. The van der Waals surface area contributed by atoms with Crippen LogP contribution in [0.15, 0.2) is 41.9 Å². The van der Waals surface area contributed by atoms with Gasteiger partial charge in [-0.3, -0.25) is 14.4 Å². The molecule has 2 heterocycles. The number of thiazole rings is 1. The van der Waals surface area contributed by atoms with Crippen LogP contribution in [0.2, 0.25) is 0 Å². The zero-order chi connectivity index (χ0) is 34.0. The Balaban J connectivity index is 1.75. The van der Waals surface area contributed by atoms with Gasteiger partial charge < -0.3 is 30.3 Å². The van der Waals surface area contributed by atoms with Crippen molar-refractivity contribution in [1.82, 2.24) is 20.1 Å². The van der Waals surface area contributed by atoms with Crippen molar-refractivity contribution in [3.8, 4) is 0 Å². The molecule has 2 aromatic rings. The normalized spacial score (nSPS) is 19.6. The molecule has 46 heavy (non-hydrogen) atoms. The van der Waals surface area contributed by atoms with E-state index in [0.29, 0.717) is 13.0 Å². The maximum Gasteiger partial charge on any atom is 0.239 e. The Morgan fingerprint density at radius 1 is 1.13 bits per heavy atom. The van der Waals surface area contributed by atoms with Gasteiger partial charge in [0.1, 0.15) is 5.01 Å². The van der Waals surface area contributed by atoms with Crippen LogP contribution in [0.3, 0.4) is 0 Å². The molecule has 10 nitrogen and oxygen atoms in total. The number of rotatable bonds is 17. The predicted molar refractivity (Wildman–Crippen MR) is 182 cm³/mol. The van der Waals surface area contributed by atoms with E-state index in [9.17, 15) is 14.4 Å². The first-order valence-electron chi connectivity index (χ1n) is 16.6. The van der Waals surface area contributed by atoms with Crippen molar-refractivity contribution in [3.05, 3.63) is 52.5 Å². The Kier molecular flexibility index (Phi) is 14.6. The Morgan fingerprint density at radius 3 is 2.39 bits per heavy atom. The molecule has 0 spiro atoms. The van der Waals surface area contributed by atoms with Crippen molar-refractivity contribution in [1.29, 1.82) is 0 Å². The summed E-state index contributed by atoms with van der Waals surface area (Å²) in [5, 5.41) is 5.98. The zero-order valence-electron chi connectivity index (χ0n) is 28.8. The molecule has 11 heteroatoms. The topological polar surface area (TPSA) is 127 Å². The lowest BCUT2D eigenvalue weighted by molar-refractivity contribution is -0.146. The monoisotopic (exact) mass is 657 g/mol. The van der Waals surface area contributed by atoms with Crippen molar-refractivity contribution >= 4 is 29.1 Å². The van der Waals surface area contributed by atoms with Crippen LogP contribution in [0.4, 0.5) is 0 Å². The smallest absolute Gasteiger partial charge is 0.239 e. The van der Waals surface area contributed by atoms with E-state index in [4.69, 9.17) is 15.2 Å². The van der Waals surface area contributed by atoms with Gasteiger partial charge in [0.15, 0.2) is 0 Å². The number of likely N-dealkylation sites (N-methyl/N-ethyl adjacent to an activating group) is 1. The van der Waals surface area contributed by atoms with Crippen LogP contribution in [0.1, 0.15) is 76.9 Å². The lowest BCUT2D eigenvalue weighted by atomic mass is 9.89. The van der Waals surface area contributed by atoms with Crippen LogP contribution in [-0.2, 0) is 30.3 Å². The Labute approximate surface area is 279 Å². The molecule has 1 saturated heterocycles. The van der Waals surface area contributed by atoms with E-state index in [-0.39, 0.29) is 54.1 Å². The largest absolute Gasteiger partial charge is 0.379 e. The highest BCUT2D eigenvalue weighted by Gasteiger charge is 2.42. The molecule has 1 unspecified atom stereocenters. The first kappa shape index (κ1) is 37.6. The lowest BCUT2D eigenvalue weighted by Crippen LogP contribution is -2.56. The summed E-state index contributed by atoms with van der Waals surface area (Å²) in [5.41, 5.74) is 7.35. The number of nitrogens with one attached hydrogen (secondary N) is 1. The third kappa shape index (κ3) is 9.36. The third-order valence-electron chi connectivity index (χ3n) is 9.61. The number of nitrogens with two attached hydrogens (primary N) is 1. The number of likely N-dealkylation sites (tertiary alicyclic amines) is 1. The summed E-state index contributed by atoms with van der Waals surface area (Å²) in [5.74, 6) is -0.824. The second-order valence-electron chi connectivity index (χ2n) is 13.0. The number of ether oxygens (including phenoxy) is 2. The Morgan fingerprint density at radius 2 is 1.83 bits per heavy atom. The van der Waals surface area contributed by atoms with E-state index in [1.807, 2.05) is 61.4 Å². The van der Waals surface area contributed by atoms with Crippen LogP contribution < -0.4 is 11.1 Å². The highest BCUT2D eigenvalue weighted by Crippen LogP contribution is 2.30. The average molecular weight is 658 g/mol. The quantitative estimate of drug-likeness (QED) is 0.258. The summed E-state index contributed by atoms with van der Waals surface area (Å²) in [6.45, 7) is 10.4. The molecule has 0 saturated carbocycles. The van der Waals surface area contributed by atoms with Crippen molar-refractivity contribution < 1.29 is 23.9 Å². The highest BCUT2D eigenvalue weighted by molar-refractivity contribution is 7.09. The zero-order valence-corrected chi connectivity index (χ0v) is 29.7. The maximum absolute atomic E-state index is 14.0. The highest BCUT2D eigenvalue weighted by atomic mass is 32.1. The van der Waals surface area contributed by atoms with E-state index in [2.05, 4.69) is 24.1 Å². The number of hydrogen-bond donors (Lipinski definition) is 2. The van der Waals surface area contributed by atoms with E-state index < -0.39 is 24.2 Å². The van der Waals surface area contributed by atoms with Crippen molar-refractivity contribution in [3.63, 3.8) is 0 Å². The third-order valence-corrected chi connectivity index (χ3v) is 10.5. The van der Waals surface area contributed by atoms with Gasteiger partial charge in [-0.2, -0.15) is 0 Å². The van der Waals surface area contributed by atoms with Crippen molar-refractivity contribution in [2.45, 2.75) is 103 Å². The number of carbonyl (C=O) groups excluding carboxylic acids is 3. The van der Waals surface area contributed by atoms with Crippen molar-refractivity contribution in [2.24, 2.45) is 23.5 Å². The lowest BCUT2D eigenvalue weighted by Gasteiger charge is -2.40. The molecule has 1 aliphatic rings. The van der Waals surface area contributed by atoms with Gasteiger partial charge in [-0.25, -0.2) is 4.98 Å². The number of methoxy groups -OCH3 is 2. The van der Waals surface area contributed by atoms with Gasteiger partial charge in [0.2, 0.25) is 17.7 Å². The minimum absolute atomic E-state index is 0.0131. The molecule has 0 radical (unpaired) electrons. The van der Waals surface area contributed by atoms with E-state index >= 15 is 0 Å². The van der Waals surface area contributed by atoms with E-state index in [1.54, 1.807) is 32.4 Å². The number of benzene rings is 1. The fraction of sp³-hybridized carbons (Fsp3) is 0.657. The van der Waals surface area contributed by atoms with Crippen LogP contribution in [-0.4, -0.2) is 90.7 Å². The first-order valence-corrected chi connectivity index (χ1v) is 17.4. The van der Waals surface area contributed by atoms with Crippen LogP contribution in [0.5, 0.6) is 0 Å². The van der Waals surface area contributed by atoms with Gasteiger partial charge in [-0.05, 0) is 36.7 Å². The fourth-order valence-corrected chi connectivity index (χ4v) is 7.28. The molecule has 0 aliphatic carbocycles. The van der Waals surface area contributed by atoms with Gasteiger partial charge in [0, 0.05) is 39.4 Å². The fourth-order valence-electron chi connectivity index (χ4n) is 6.59. The number of amides is 3. The van der Waals surface area contributed by atoms with Gasteiger partial charge >= 0.3 is 0 Å². The first-order chi connectivity index (χ1) is 21.9. The molecule has 1 aromatic carbocycles. The van der Waals surface area contributed by atoms with Crippen molar-refractivity contribution in [2.75, 3.05) is 27.8 Å². The Bertz CT molecular complexity index is 1230. The molecule has 1 aliphatic heterocycles. The minimum atomic E-state index is -0.634. The molecule has 256 valence electrons. The second-order valence-corrected chi connectivity index (χ2v) is 13.9. The van der Waals surface area contributed by atoms with Gasteiger partial charge in [0.25, 0.3) is 0 Å². The van der Waals surface area contributed by atoms with Crippen LogP contribution in [0.25, 0.3) is 0 Å². The van der Waals surface area contributed by atoms with Gasteiger partial charge in [0.05, 0.1) is 48.7 Å². The van der Waals surface area contributed by atoms with E-state index in [1.165, 1.54) is 11.3 Å². The molecule has 3 amide bonds. The second kappa shape index (κ2) is 17.9. The molecule has 3 N–H and O–H groups in total. The summed E-state index contributed by atoms with van der Waals surface area (Å²) in [7, 11) is 4.95. The standard InChI is InChI=1S/C35H55N5O5S/c1-9-23(4)31(39(6)35(43)30(36)22(2)3)28(44-7)21-29(41)40-18-13-16-27(40)32(45-8)24(5)33(42)38-26(34-37-17-19-46-34)20-25-14-11-10-12-15-25/h10-12,14-15,17,19,22-24,26-28,30-32H,9,13,16,18,20-21,36H2,1-8H3,(H,38,42)/t23-,24+,26-,27-,28+,30-,31-,32?/m0/s1. The number of carbonyl (C=O) groups is 3. The maximum atomic E-state index is 14.0. The molecule has 3 rings (SSSR count). The molecule has 8 atom stereocenters. The molecule has 0 bridgehead atoms.